The van der Waals surface area contributed by atoms with Gasteiger partial charge >= 0.3 is 0 Å². The maximum absolute atomic E-state index is 11.8. The Morgan fingerprint density at radius 1 is 1.24 bits per heavy atom. The van der Waals surface area contributed by atoms with E-state index in [1.165, 1.54) is 13.2 Å². The minimum atomic E-state index is -1.57. The van der Waals surface area contributed by atoms with Crippen LogP contribution in [0.25, 0.3) is 0 Å². The van der Waals surface area contributed by atoms with Crippen LogP contribution in [0, 0.1) is 0 Å². The van der Waals surface area contributed by atoms with Gasteiger partial charge in [0.25, 0.3) is 11.8 Å². The van der Waals surface area contributed by atoms with Crippen LogP contribution in [0.15, 0.2) is 6.07 Å². The number of imide groups is 1. The number of fused-ring (bicyclic) bond motifs is 1. The van der Waals surface area contributed by atoms with Crippen LogP contribution in [0.5, 0.6) is 5.88 Å². The Morgan fingerprint density at radius 2 is 1.96 bits per heavy atom. The van der Waals surface area contributed by atoms with Crippen molar-refractivity contribution in [3.8, 4) is 5.88 Å². The normalized spacial score (nSPS) is 31.5. The van der Waals surface area contributed by atoms with Crippen LogP contribution >= 0.6 is 0 Å². The third-order valence-corrected chi connectivity index (χ3v) is 4.06. The highest BCUT2D eigenvalue weighted by atomic mass is 16.6. The highest BCUT2D eigenvalue weighted by Crippen LogP contribution is 2.29. The van der Waals surface area contributed by atoms with E-state index in [9.17, 15) is 30.0 Å². The van der Waals surface area contributed by atoms with Gasteiger partial charge in [0.15, 0.2) is 6.23 Å². The molecule has 0 unspecified atom stereocenters. The molecule has 1 saturated heterocycles. The second kappa shape index (κ2) is 6.54. The molecule has 0 spiro atoms. The smallest absolute Gasteiger partial charge is 0.264 e. The Bertz CT molecular complexity index is 710. The third-order valence-electron chi connectivity index (χ3n) is 4.06. The van der Waals surface area contributed by atoms with E-state index in [2.05, 4.69) is 15.6 Å². The number of hydrogen-bond donors (Lipinski definition) is 6. The van der Waals surface area contributed by atoms with Crippen LogP contribution in [0.2, 0.25) is 0 Å². The van der Waals surface area contributed by atoms with Crippen LogP contribution in [0.3, 0.4) is 0 Å². The van der Waals surface area contributed by atoms with Crippen molar-refractivity contribution in [1.29, 1.82) is 0 Å². The molecule has 1 fully saturated rings. The van der Waals surface area contributed by atoms with Crippen LogP contribution in [0.4, 0.5) is 5.82 Å². The Kier molecular flexibility index (Phi) is 4.58. The summed E-state index contributed by atoms with van der Waals surface area (Å²) in [5.41, 5.74) is 0.0239. The van der Waals surface area contributed by atoms with Crippen molar-refractivity contribution >= 4 is 17.6 Å². The van der Waals surface area contributed by atoms with Gasteiger partial charge in [0.05, 0.1) is 19.3 Å². The molecule has 1 aromatic heterocycles. The van der Waals surface area contributed by atoms with Gasteiger partial charge in [-0.1, -0.05) is 0 Å². The van der Waals surface area contributed by atoms with Crippen molar-refractivity contribution in [2.24, 2.45) is 0 Å². The molecule has 0 aromatic carbocycles. The molecule has 136 valence electrons. The average molecular weight is 355 g/mol. The maximum atomic E-state index is 11.8. The number of aromatic nitrogens is 1. The van der Waals surface area contributed by atoms with Crippen LogP contribution in [-0.2, 0) is 4.74 Å². The first kappa shape index (κ1) is 17.5. The van der Waals surface area contributed by atoms with Gasteiger partial charge in [-0.3, -0.25) is 14.9 Å². The number of anilines is 1. The summed E-state index contributed by atoms with van der Waals surface area (Å²) >= 11 is 0. The molecule has 6 N–H and O–H groups in total. The lowest BCUT2D eigenvalue weighted by Gasteiger charge is -2.40. The van der Waals surface area contributed by atoms with Gasteiger partial charge < -0.3 is 35.2 Å². The van der Waals surface area contributed by atoms with E-state index in [4.69, 9.17) is 9.47 Å². The number of aliphatic hydroxyl groups is 4. The van der Waals surface area contributed by atoms with Crippen LogP contribution < -0.4 is 15.4 Å². The molecule has 0 radical (unpaired) electrons. The summed E-state index contributed by atoms with van der Waals surface area (Å²) in [5.74, 6) is -1.33. The van der Waals surface area contributed by atoms with Crippen molar-refractivity contribution in [2.45, 2.75) is 30.6 Å². The van der Waals surface area contributed by atoms with E-state index >= 15 is 0 Å². The van der Waals surface area contributed by atoms with E-state index in [0.717, 1.165) is 0 Å². The van der Waals surface area contributed by atoms with Gasteiger partial charge in [-0.15, -0.1) is 0 Å². The number of nitrogens with one attached hydrogen (secondary N) is 2. The fourth-order valence-corrected chi connectivity index (χ4v) is 2.74. The topological polar surface area (TPSA) is 170 Å². The third kappa shape index (κ3) is 2.92. The SMILES string of the molecule is COc1nc(N[C@@H]2O[C@H](CO)[C@@H](O)[C@H](O)[C@H]2O)cc2c1C(=O)NC2=O. The zero-order valence-corrected chi connectivity index (χ0v) is 13.0. The largest absolute Gasteiger partial charge is 0.480 e. The first-order chi connectivity index (χ1) is 11.9. The second-order valence-corrected chi connectivity index (χ2v) is 5.62. The molecule has 5 atom stereocenters. The zero-order chi connectivity index (χ0) is 18.3. The molecular weight excluding hydrogens is 338 g/mol. The number of hydrogen-bond acceptors (Lipinski definition) is 10. The lowest BCUT2D eigenvalue weighted by Crippen LogP contribution is -2.60. The van der Waals surface area contributed by atoms with Gasteiger partial charge in [0.2, 0.25) is 5.88 Å². The van der Waals surface area contributed by atoms with Crippen LogP contribution in [-0.4, -0.2) is 81.6 Å². The summed E-state index contributed by atoms with van der Waals surface area (Å²) in [7, 11) is 1.27. The molecule has 3 rings (SSSR count). The van der Waals surface area contributed by atoms with Crippen molar-refractivity contribution < 1.29 is 39.5 Å². The quantitative estimate of drug-likeness (QED) is 0.310. The minimum Gasteiger partial charge on any atom is -0.480 e. The fraction of sp³-hybridized carbons (Fsp3) is 0.500. The predicted octanol–water partition coefficient (Wildman–Crippen LogP) is -2.81. The number of pyridine rings is 1. The first-order valence-electron chi connectivity index (χ1n) is 7.39. The lowest BCUT2D eigenvalue weighted by atomic mass is 9.98. The van der Waals surface area contributed by atoms with Gasteiger partial charge in [-0.05, 0) is 6.07 Å². The Hall–Kier alpha value is -2.31. The molecule has 3 heterocycles. The van der Waals surface area contributed by atoms with Crippen molar-refractivity contribution in [3.63, 3.8) is 0 Å². The van der Waals surface area contributed by atoms with Crippen LogP contribution in [0.1, 0.15) is 20.7 Å². The standard InChI is InChI=1S/C14H17N3O8/c1-24-13-7-4(11(22)17-12(7)23)2-6(15-13)16-14-10(21)9(20)8(19)5(3-18)25-14/h2,5,8-10,14,18-21H,3H2,1H3,(H,15,16)(H,17,22,23)/t5-,8-,9+,10-,14-/m1/s1. The molecule has 2 aliphatic rings. The maximum Gasteiger partial charge on any atom is 0.264 e. The van der Waals surface area contributed by atoms with Gasteiger partial charge in [-0.25, -0.2) is 0 Å². The zero-order valence-electron chi connectivity index (χ0n) is 13.0. The summed E-state index contributed by atoms with van der Waals surface area (Å²) in [4.78, 5) is 27.6. The number of methoxy groups -OCH3 is 1. The Balaban J connectivity index is 1.89. The minimum absolute atomic E-state index is 0.00754. The van der Waals surface area contributed by atoms with E-state index in [0.29, 0.717) is 0 Å². The Morgan fingerprint density at radius 3 is 2.60 bits per heavy atom. The number of rotatable bonds is 4. The number of nitrogens with zero attached hydrogens (tertiary/aromatic N) is 1. The molecule has 0 bridgehead atoms. The number of carbonyl (C=O) groups excluding carboxylic acids is 2. The van der Waals surface area contributed by atoms with Gasteiger partial charge in [0, 0.05) is 0 Å². The summed E-state index contributed by atoms with van der Waals surface area (Å²) < 4.78 is 10.3. The average Bonchev–Trinajstić information content (AvgIpc) is 2.89. The van der Waals surface area contributed by atoms with Crippen molar-refractivity contribution in [1.82, 2.24) is 10.3 Å². The molecule has 2 aliphatic heterocycles. The van der Waals surface area contributed by atoms with E-state index in [1.54, 1.807) is 0 Å². The molecule has 0 aliphatic carbocycles. The lowest BCUT2D eigenvalue weighted by molar-refractivity contribution is -0.221. The first-order valence-corrected chi connectivity index (χ1v) is 7.39. The molecule has 1 aromatic rings. The number of ether oxygens (including phenoxy) is 2. The Labute approximate surface area is 141 Å². The molecular formula is C14H17N3O8. The summed E-state index contributed by atoms with van der Waals surface area (Å²) in [6.45, 7) is -0.582. The van der Waals surface area contributed by atoms with Crippen molar-refractivity contribution in [2.75, 3.05) is 19.0 Å². The number of carbonyl (C=O) groups is 2. The predicted molar refractivity (Wildman–Crippen MR) is 80.0 cm³/mol. The number of aliphatic hydroxyl groups excluding tert-OH is 4. The highest BCUT2D eigenvalue weighted by Gasteiger charge is 2.44. The highest BCUT2D eigenvalue weighted by molar-refractivity contribution is 6.22. The summed E-state index contributed by atoms with van der Waals surface area (Å²) in [6.07, 6.45) is -6.93. The fourth-order valence-electron chi connectivity index (χ4n) is 2.74. The van der Waals surface area contributed by atoms with Gasteiger partial charge in [0.1, 0.15) is 35.8 Å². The molecule has 11 nitrogen and oxygen atoms in total. The molecule has 11 heteroatoms. The van der Waals surface area contributed by atoms with E-state index < -0.39 is 49.1 Å². The number of amides is 2. The van der Waals surface area contributed by atoms with Gasteiger partial charge in [-0.2, -0.15) is 4.98 Å². The molecule has 25 heavy (non-hydrogen) atoms. The molecule has 2 amide bonds. The monoisotopic (exact) mass is 355 g/mol. The molecule has 0 saturated carbocycles. The summed E-state index contributed by atoms with van der Waals surface area (Å²) in [6, 6.07) is 1.26. The van der Waals surface area contributed by atoms with Crippen molar-refractivity contribution in [3.05, 3.63) is 17.2 Å². The second-order valence-electron chi connectivity index (χ2n) is 5.62. The van der Waals surface area contributed by atoms with E-state index in [-0.39, 0.29) is 22.8 Å². The summed E-state index contributed by atoms with van der Waals surface area (Å²) in [5, 5.41) is 43.5. The van der Waals surface area contributed by atoms with E-state index in [1.807, 2.05) is 0 Å².